The number of nitrogens with one attached hydrogen (secondary N) is 2. The lowest BCUT2D eigenvalue weighted by molar-refractivity contribution is -0.113. The Hall–Kier alpha value is -5.02. The van der Waals surface area contributed by atoms with Crippen molar-refractivity contribution < 1.29 is 9.59 Å². The van der Waals surface area contributed by atoms with Gasteiger partial charge in [0.05, 0.1) is 11.4 Å². The van der Waals surface area contributed by atoms with Gasteiger partial charge >= 0.3 is 0 Å². The van der Waals surface area contributed by atoms with Crippen LogP contribution >= 0.6 is 11.8 Å². The van der Waals surface area contributed by atoms with Gasteiger partial charge in [-0.1, -0.05) is 72.3 Å². The Labute approximate surface area is 236 Å². The molecule has 2 amide bonds. The number of hydrogen-bond donors (Lipinski definition) is 2. The summed E-state index contributed by atoms with van der Waals surface area (Å²) in [6.45, 7) is 1.97. The minimum Gasteiger partial charge on any atom is -0.321 e. The molecule has 0 bridgehead atoms. The summed E-state index contributed by atoms with van der Waals surface area (Å²) < 4.78 is 1.70. The van der Waals surface area contributed by atoms with E-state index in [4.69, 9.17) is 0 Å². The minimum absolute atomic E-state index is 0.138. The van der Waals surface area contributed by atoms with Crippen molar-refractivity contribution in [1.82, 2.24) is 25.5 Å². The van der Waals surface area contributed by atoms with Crippen LogP contribution in [0.3, 0.4) is 0 Å². The molecule has 40 heavy (non-hydrogen) atoms. The van der Waals surface area contributed by atoms with E-state index >= 15 is 0 Å². The highest BCUT2D eigenvalue weighted by Gasteiger charge is 2.16. The third kappa shape index (κ3) is 6.89. The molecular formula is C31H26N6O2S. The highest BCUT2D eigenvalue weighted by molar-refractivity contribution is 7.98. The number of carbonyl (C=O) groups is 2. The molecule has 9 heteroatoms. The van der Waals surface area contributed by atoms with Crippen LogP contribution in [0.1, 0.15) is 27.3 Å². The monoisotopic (exact) mass is 546 g/mol. The summed E-state index contributed by atoms with van der Waals surface area (Å²) in [5.41, 5.74) is 3.93. The third-order valence-corrected chi connectivity index (χ3v) is 6.87. The largest absolute Gasteiger partial charge is 0.321 e. The summed E-state index contributed by atoms with van der Waals surface area (Å²) in [7, 11) is 0. The summed E-state index contributed by atoms with van der Waals surface area (Å²) >= 11 is 1.55. The second-order valence-electron chi connectivity index (χ2n) is 8.91. The molecule has 2 N–H and O–H groups in total. The Kier molecular flexibility index (Phi) is 8.43. The van der Waals surface area contributed by atoms with Gasteiger partial charge in [0, 0.05) is 16.1 Å². The number of tetrazole rings is 1. The molecule has 0 fully saturated rings. The van der Waals surface area contributed by atoms with E-state index in [1.165, 1.54) is 0 Å². The van der Waals surface area contributed by atoms with Crippen LogP contribution in [0.25, 0.3) is 11.8 Å². The molecule has 0 saturated heterocycles. The highest BCUT2D eigenvalue weighted by Crippen LogP contribution is 2.25. The van der Waals surface area contributed by atoms with E-state index in [2.05, 4.69) is 26.2 Å². The molecule has 1 heterocycles. The maximum Gasteiger partial charge on any atom is 0.272 e. The van der Waals surface area contributed by atoms with Gasteiger partial charge in [0.2, 0.25) is 0 Å². The van der Waals surface area contributed by atoms with Gasteiger partial charge in [0.15, 0.2) is 5.82 Å². The van der Waals surface area contributed by atoms with E-state index in [-0.39, 0.29) is 11.6 Å². The topological polar surface area (TPSA) is 102 Å². The predicted molar refractivity (Wildman–Crippen MR) is 157 cm³/mol. The maximum absolute atomic E-state index is 13.4. The number of rotatable bonds is 9. The van der Waals surface area contributed by atoms with Crippen LogP contribution in [-0.2, 0) is 10.5 Å². The van der Waals surface area contributed by atoms with Crippen LogP contribution in [0.15, 0.2) is 120 Å². The van der Waals surface area contributed by atoms with E-state index in [0.717, 1.165) is 21.7 Å². The Balaban J connectivity index is 1.31. The number of hydrogen-bond acceptors (Lipinski definition) is 6. The molecule has 8 nitrogen and oxygen atoms in total. The zero-order valence-electron chi connectivity index (χ0n) is 21.7. The van der Waals surface area contributed by atoms with E-state index in [1.807, 2.05) is 85.8 Å². The molecule has 0 aliphatic carbocycles. The number of nitrogens with zero attached hydrogens (tertiary/aromatic N) is 4. The van der Waals surface area contributed by atoms with Crippen molar-refractivity contribution in [3.8, 4) is 5.69 Å². The van der Waals surface area contributed by atoms with Crippen molar-refractivity contribution in [2.45, 2.75) is 17.6 Å². The molecular weight excluding hydrogens is 520 g/mol. The fourth-order valence-corrected chi connectivity index (χ4v) is 4.81. The first-order chi connectivity index (χ1) is 19.5. The molecule has 5 rings (SSSR count). The Bertz CT molecular complexity index is 1650. The average molecular weight is 547 g/mol. The quantitative estimate of drug-likeness (QED) is 0.182. The number of benzene rings is 4. The summed E-state index contributed by atoms with van der Waals surface area (Å²) in [5.74, 6) is 0.444. The smallest absolute Gasteiger partial charge is 0.272 e. The lowest BCUT2D eigenvalue weighted by atomic mass is 10.1. The number of aryl methyl sites for hydroxylation is 1. The molecule has 0 saturated carbocycles. The Morgan fingerprint density at radius 3 is 2.40 bits per heavy atom. The molecule has 0 radical (unpaired) electrons. The maximum atomic E-state index is 13.4. The van der Waals surface area contributed by atoms with Crippen molar-refractivity contribution in [2.75, 3.05) is 5.32 Å². The van der Waals surface area contributed by atoms with Crippen molar-refractivity contribution in [1.29, 1.82) is 0 Å². The van der Waals surface area contributed by atoms with Crippen LogP contribution < -0.4 is 10.6 Å². The zero-order valence-corrected chi connectivity index (χ0v) is 22.5. The minimum atomic E-state index is -0.430. The number of anilines is 1. The van der Waals surface area contributed by atoms with E-state index in [0.29, 0.717) is 22.8 Å². The van der Waals surface area contributed by atoms with Gasteiger partial charge in [0.25, 0.3) is 11.8 Å². The lowest BCUT2D eigenvalue weighted by Gasteiger charge is -2.12. The summed E-state index contributed by atoms with van der Waals surface area (Å²) in [4.78, 5) is 27.2. The highest BCUT2D eigenvalue weighted by atomic mass is 32.2. The molecule has 0 unspecified atom stereocenters. The number of thioether (sulfide) groups is 1. The zero-order chi connectivity index (χ0) is 27.7. The van der Waals surface area contributed by atoms with Crippen LogP contribution in [0.2, 0.25) is 0 Å². The van der Waals surface area contributed by atoms with Gasteiger partial charge in [-0.25, -0.2) is 0 Å². The van der Waals surface area contributed by atoms with Gasteiger partial charge in [-0.2, -0.15) is 4.68 Å². The van der Waals surface area contributed by atoms with E-state index in [9.17, 15) is 9.59 Å². The van der Waals surface area contributed by atoms with Gasteiger partial charge in [0.1, 0.15) is 5.70 Å². The fraction of sp³-hybridized carbons (Fsp3) is 0.0645. The number of amides is 2. The molecule has 0 aliphatic heterocycles. The van der Waals surface area contributed by atoms with Gasteiger partial charge in [-0.15, -0.1) is 16.9 Å². The molecule has 1 aromatic heterocycles. The standard InChI is InChI=1S/C31H26N6O2S/c1-22-10-8-11-23(18-22)19-28(33-30(38)24-12-4-2-5-13-24)31(39)32-25-14-9-17-27(20-25)40-21-29-34-35-36-37(29)26-15-6-3-7-16-26/h2-20H,21H2,1H3,(H,32,39)(H,33,38)/b28-19+. The van der Waals surface area contributed by atoms with E-state index < -0.39 is 5.91 Å². The van der Waals surface area contributed by atoms with Gasteiger partial charge in [-0.05, 0) is 71.5 Å². The summed E-state index contributed by atoms with van der Waals surface area (Å²) in [5, 5.41) is 17.8. The summed E-state index contributed by atoms with van der Waals surface area (Å²) in [6.07, 6.45) is 1.67. The molecule has 4 aromatic carbocycles. The predicted octanol–water partition coefficient (Wildman–Crippen LogP) is 5.67. The van der Waals surface area contributed by atoms with Gasteiger partial charge < -0.3 is 10.6 Å². The number of para-hydroxylation sites is 1. The van der Waals surface area contributed by atoms with Crippen molar-refractivity contribution in [3.63, 3.8) is 0 Å². The first-order valence-electron chi connectivity index (χ1n) is 12.6. The second-order valence-corrected chi connectivity index (χ2v) is 9.95. The normalized spacial score (nSPS) is 11.2. The van der Waals surface area contributed by atoms with Crippen molar-refractivity contribution in [2.24, 2.45) is 0 Å². The van der Waals surface area contributed by atoms with Crippen molar-refractivity contribution >= 4 is 35.3 Å². The van der Waals surface area contributed by atoms with Crippen LogP contribution in [-0.4, -0.2) is 32.0 Å². The second kappa shape index (κ2) is 12.7. The fourth-order valence-electron chi connectivity index (χ4n) is 3.94. The molecule has 0 aliphatic rings. The average Bonchev–Trinajstić information content (AvgIpc) is 3.46. The molecule has 0 atom stereocenters. The lowest BCUT2D eigenvalue weighted by Crippen LogP contribution is -2.30. The van der Waals surface area contributed by atoms with E-state index in [1.54, 1.807) is 52.9 Å². The molecule has 198 valence electrons. The van der Waals surface area contributed by atoms with Crippen molar-refractivity contribution in [3.05, 3.63) is 137 Å². The van der Waals surface area contributed by atoms with Crippen LogP contribution in [0.4, 0.5) is 5.69 Å². The number of aromatic nitrogens is 4. The van der Waals surface area contributed by atoms with Crippen LogP contribution in [0.5, 0.6) is 0 Å². The molecule has 0 spiro atoms. The third-order valence-electron chi connectivity index (χ3n) is 5.88. The summed E-state index contributed by atoms with van der Waals surface area (Å²) in [6, 6.07) is 33.7. The first kappa shape index (κ1) is 26.6. The first-order valence-corrected chi connectivity index (χ1v) is 13.6. The number of carbonyl (C=O) groups excluding carboxylic acids is 2. The Morgan fingerprint density at radius 1 is 0.875 bits per heavy atom. The van der Waals surface area contributed by atoms with Crippen LogP contribution in [0, 0.1) is 6.92 Å². The SMILES string of the molecule is Cc1cccc(/C=C(/NC(=O)c2ccccc2)C(=O)Nc2cccc(SCc3nnnn3-c3ccccc3)c2)c1. The molecule has 5 aromatic rings. The Morgan fingerprint density at radius 2 is 1.62 bits per heavy atom. The van der Waals surface area contributed by atoms with Gasteiger partial charge in [-0.3, -0.25) is 9.59 Å².